The first-order valence-electron chi connectivity index (χ1n) is 9.18. The van der Waals surface area contributed by atoms with E-state index in [1.54, 1.807) is 14.1 Å². The minimum Gasteiger partial charge on any atom is -0.341 e. The second-order valence-corrected chi connectivity index (χ2v) is 7.19. The topological polar surface area (TPSA) is 91.1 Å². The van der Waals surface area contributed by atoms with Gasteiger partial charge in [-0.3, -0.25) is 9.59 Å². The van der Waals surface area contributed by atoms with E-state index in [1.807, 2.05) is 34.9 Å². The van der Waals surface area contributed by atoms with Crippen molar-refractivity contribution in [3.05, 3.63) is 56.6 Å². The molecule has 0 radical (unpaired) electrons. The molecule has 4 rings (SSSR count). The van der Waals surface area contributed by atoms with Gasteiger partial charge in [-0.25, -0.2) is 14.3 Å². The van der Waals surface area contributed by atoms with Crippen LogP contribution in [0.5, 0.6) is 0 Å². The normalized spacial score (nSPS) is 17.6. The Hall–Kier alpha value is -2.87. The quantitative estimate of drug-likeness (QED) is 0.723. The maximum atomic E-state index is 13.0. The molecule has 8 heteroatoms. The number of anilines is 1. The van der Waals surface area contributed by atoms with Crippen molar-refractivity contribution in [1.82, 2.24) is 18.9 Å². The Morgan fingerprint density at radius 1 is 1.11 bits per heavy atom. The predicted molar refractivity (Wildman–Crippen MR) is 105 cm³/mol. The molecule has 3 aromatic rings. The Bertz CT molecular complexity index is 1100. The zero-order valence-electron chi connectivity index (χ0n) is 15.6. The number of nitrogens with two attached hydrogens (primary N) is 1. The number of imidazole rings is 1. The molecule has 2 N–H and O–H groups in total. The molecule has 1 aliphatic rings. The molecule has 0 aliphatic carbocycles. The molecular formula is C19H24N6O2. The molecule has 1 atom stereocenters. The lowest BCUT2D eigenvalue weighted by Gasteiger charge is -2.32. The first-order chi connectivity index (χ1) is 13.0. The number of benzene rings is 1. The summed E-state index contributed by atoms with van der Waals surface area (Å²) < 4.78 is 4.50. The van der Waals surface area contributed by atoms with Crippen molar-refractivity contribution in [2.75, 3.05) is 18.0 Å². The van der Waals surface area contributed by atoms with Crippen molar-refractivity contribution >= 4 is 17.0 Å². The summed E-state index contributed by atoms with van der Waals surface area (Å²) in [7, 11) is 3.18. The van der Waals surface area contributed by atoms with Gasteiger partial charge in [0.05, 0.1) is 6.54 Å². The number of rotatable bonds is 3. The van der Waals surface area contributed by atoms with Crippen LogP contribution in [0, 0.1) is 0 Å². The molecule has 142 valence electrons. The van der Waals surface area contributed by atoms with Crippen molar-refractivity contribution in [2.45, 2.75) is 25.4 Å². The summed E-state index contributed by atoms with van der Waals surface area (Å²) in [5.74, 6) is 0.643. The third-order valence-electron chi connectivity index (χ3n) is 5.31. The molecule has 8 nitrogen and oxygen atoms in total. The van der Waals surface area contributed by atoms with Crippen LogP contribution in [0.25, 0.3) is 11.0 Å². The van der Waals surface area contributed by atoms with Crippen molar-refractivity contribution in [2.24, 2.45) is 19.8 Å². The second-order valence-electron chi connectivity index (χ2n) is 7.19. The van der Waals surface area contributed by atoms with Crippen LogP contribution in [0.15, 0.2) is 39.9 Å². The summed E-state index contributed by atoms with van der Waals surface area (Å²) >= 11 is 0. The van der Waals surface area contributed by atoms with E-state index in [4.69, 9.17) is 5.73 Å². The molecule has 1 aromatic carbocycles. The van der Waals surface area contributed by atoms with Gasteiger partial charge in [0.25, 0.3) is 11.1 Å². The highest BCUT2D eigenvalue weighted by molar-refractivity contribution is 5.77. The van der Waals surface area contributed by atoms with E-state index in [-0.39, 0.29) is 22.7 Å². The van der Waals surface area contributed by atoms with Crippen LogP contribution >= 0.6 is 0 Å². The van der Waals surface area contributed by atoms with Gasteiger partial charge in [0, 0.05) is 33.2 Å². The highest BCUT2D eigenvalue weighted by Crippen LogP contribution is 2.23. The maximum absolute atomic E-state index is 13.0. The number of hydrogen-bond acceptors (Lipinski definition) is 5. The summed E-state index contributed by atoms with van der Waals surface area (Å²) in [6, 6.07) is 9.94. The number of aromatic nitrogens is 4. The third kappa shape index (κ3) is 2.95. The predicted octanol–water partition coefficient (Wildman–Crippen LogP) is 0.410. The van der Waals surface area contributed by atoms with Gasteiger partial charge in [0.1, 0.15) is 5.52 Å². The zero-order valence-corrected chi connectivity index (χ0v) is 15.6. The summed E-state index contributed by atoms with van der Waals surface area (Å²) in [5, 5.41) is 0. The van der Waals surface area contributed by atoms with Gasteiger partial charge < -0.3 is 15.2 Å². The molecule has 0 saturated carbocycles. The van der Waals surface area contributed by atoms with E-state index < -0.39 is 0 Å². The van der Waals surface area contributed by atoms with E-state index in [9.17, 15) is 9.59 Å². The molecule has 3 heterocycles. The Labute approximate surface area is 156 Å². The lowest BCUT2D eigenvalue weighted by atomic mass is 10.1. The molecule has 1 aliphatic heterocycles. The van der Waals surface area contributed by atoms with Gasteiger partial charge >= 0.3 is 0 Å². The number of piperidine rings is 1. The number of fused-ring (bicyclic) bond motifs is 1. The fourth-order valence-corrected chi connectivity index (χ4v) is 3.73. The highest BCUT2D eigenvalue weighted by atomic mass is 16.2. The molecular weight excluding hydrogens is 344 g/mol. The molecule has 0 unspecified atom stereocenters. The minimum absolute atomic E-state index is 0.0643. The molecule has 2 aromatic heterocycles. The molecule has 1 saturated heterocycles. The van der Waals surface area contributed by atoms with Crippen molar-refractivity contribution in [1.29, 1.82) is 0 Å². The monoisotopic (exact) mass is 368 g/mol. The van der Waals surface area contributed by atoms with Crippen LogP contribution in [0.2, 0.25) is 0 Å². The van der Waals surface area contributed by atoms with Crippen LogP contribution in [-0.2, 0) is 20.6 Å². The van der Waals surface area contributed by atoms with Crippen LogP contribution in [-0.4, -0.2) is 38.0 Å². The maximum Gasteiger partial charge on any atom is 0.293 e. The van der Waals surface area contributed by atoms with Crippen molar-refractivity contribution < 1.29 is 0 Å². The fraction of sp³-hybridized carbons (Fsp3) is 0.421. The fourth-order valence-electron chi connectivity index (χ4n) is 3.73. The molecule has 0 amide bonds. The van der Waals surface area contributed by atoms with Crippen molar-refractivity contribution in [3.63, 3.8) is 0 Å². The standard InChI is InChI=1S/C19H24N6O2/c1-22-17(26)15-16(18(27)23(22)2)25(11-13-7-4-3-5-8-13)19(21-15)24-10-6-9-14(20)12-24/h3-5,7-8,14H,6,9-12,20H2,1-2H3/t14-/m0/s1. The van der Waals surface area contributed by atoms with E-state index in [0.29, 0.717) is 24.6 Å². The molecule has 27 heavy (non-hydrogen) atoms. The van der Waals surface area contributed by atoms with Crippen LogP contribution in [0.3, 0.4) is 0 Å². The Balaban J connectivity index is 1.97. The number of nitrogens with zero attached hydrogens (tertiary/aromatic N) is 5. The summed E-state index contributed by atoms with van der Waals surface area (Å²) in [5.41, 5.74) is 7.25. The minimum atomic E-state index is -0.276. The molecule has 0 spiro atoms. The summed E-state index contributed by atoms with van der Waals surface area (Å²) in [4.78, 5) is 32.4. The van der Waals surface area contributed by atoms with Gasteiger partial charge in [0.15, 0.2) is 5.52 Å². The van der Waals surface area contributed by atoms with Gasteiger partial charge in [-0.1, -0.05) is 30.3 Å². The van der Waals surface area contributed by atoms with Crippen molar-refractivity contribution in [3.8, 4) is 0 Å². The SMILES string of the molecule is Cn1c(=O)c2nc(N3CCC[C@H](N)C3)n(Cc3ccccc3)c2c(=O)n1C. The van der Waals surface area contributed by atoms with E-state index in [1.165, 1.54) is 9.36 Å². The summed E-state index contributed by atoms with van der Waals surface area (Å²) in [6.45, 7) is 1.95. The average Bonchev–Trinajstić information content (AvgIpc) is 3.05. The first-order valence-corrected chi connectivity index (χ1v) is 9.18. The lowest BCUT2D eigenvalue weighted by Crippen LogP contribution is -2.44. The van der Waals surface area contributed by atoms with E-state index in [2.05, 4.69) is 9.88 Å². The lowest BCUT2D eigenvalue weighted by molar-refractivity contribution is 0.495. The van der Waals surface area contributed by atoms with Gasteiger partial charge in [-0.05, 0) is 18.4 Å². The summed E-state index contributed by atoms with van der Waals surface area (Å²) in [6.07, 6.45) is 1.94. The molecule has 0 bridgehead atoms. The van der Waals surface area contributed by atoms with Gasteiger partial charge in [-0.2, -0.15) is 0 Å². The van der Waals surface area contributed by atoms with Crippen LogP contribution in [0.4, 0.5) is 5.95 Å². The third-order valence-corrected chi connectivity index (χ3v) is 5.31. The van der Waals surface area contributed by atoms with Crippen LogP contribution < -0.4 is 21.8 Å². The van der Waals surface area contributed by atoms with Gasteiger partial charge in [-0.15, -0.1) is 0 Å². The zero-order chi connectivity index (χ0) is 19.1. The Kier molecular flexibility index (Phi) is 4.35. The van der Waals surface area contributed by atoms with Crippen LogP contribution in [0.1, 0.15) is 18.4 Å². The largest absolute Gasteiger partial charge is 0.341 e. The highest BCUT2D eigenvalue weighted by Gasteiger charge is 2.26. The van der Waals surface area contributed by atoms with E-state index in [0.717, 1.165) is 24.9 Å². The Morgan fingerprint density at radius 3 is 2.52 bits per heavy atom. The number of hydrogen-bond donors (Lipinski definition) is 1. The smallest absolute Gasteiger partial charge is 0.293 e. The van der Waals surface area contributed by atoms with Gasteiger partial charge in [0.2, 0.25) is 5.95 Å². The second kappa shape index (κ2) is 6.70. The Morgan fingerprint density at radius 2 is 1.81 bits per heavy atom. The molecule has 1 fully saturated rings. The first kappa shape index (κ1) is 17.5. The van der Waals surface area contributed by atoms with E-state index >= 15 is 0 Å². The average molecular weight is 368 g/mol.